The van der Waals surface area contributed by atoms with Crippen molar-refractivity contribution in [3.63, 3.8) is 0 Å². The Bertz CT molecular complexity index is 792. The van der Waals surface area contributed by atoms with Gasteiger partial charge in [-0.2, -0.15) is 0 Å². The number of rotatable bonds is 9. The van der Waals surface area contributed by atoms with Crippen LogP contribution in [0.3, 0.4) is 0 Å². The van der Waals surface area contributed by atoms with Crippen molar-refractivity contribution in [2.24, 2.45) is 4.99 Å². The number of piperazine rings is 1. The van der Waals surface area contributed by atoms with Crippen molar-refractivity contribution < 1.29 is 9.52 Å². The SMILES string of the molecule is CCNC(=NCC(C)(O)c1ccco1)NCCCN1CCN(C)CC1c1ccccc1. The third kappa shape index (κ3) is 6.82. The molecule has 1 aromatic heterocycles. The van der Waals surface area contributed by atoms with Crippen molar-refractivity contribution in [2.75, 3.05) is 52.9 Å². The minimum atomic E-state index is -1.13. The maximum absolute atomic E-state index is 10.6. The van der Waals surface area contributed by atoms with Crippen LogP contribution in [0.1, 0.15) is 37.6 Å². The Labute approximate surface area is 186 Å². The zero-order valence-corrected chi connectivity index (χ0v) is 19.1. The molecule has 1 aromatic carbocycles. The minimum Gasteiger partial charge on any atom is -0.466 e. The van der Waals surface area contributed by atoms with Crippen molar-refractivity contribution in [3.8, 4) is 0 Å². The third-order valence-electron chi connectivity index (χ3n) is 5.73. The van der Waals surface area contributed by atoms with E-state index in [-0.39, 0.29) is 6.54 Å². The Morgan fingerprint density at radius 2 is 2.00 bits per heavy atom. The van der Waals surface area contributed by atoms with Gasteiger partial charge in [0.1, 0.15) is 11.4 Å². The van der Waals surface area contributed by atoms with Crippen LogP contribution in [-0.2, 0) is 5.60 Å². The maximum Gasteiger partial charge on any atom is 0.191 e. The van der Waals surface area contributed by atoms with E-state index in [2.05, 4.69) is 62.8 Å². The Kier molecular flexibility index (Phi) is 8.51. The Morgan fingerprint density at radius 1 is 1.19 bits per heavy atom. The van der Waals surface area contributed by atoms with Gasteiger partial charge in [-0.1, -0.05) is 30.3 Å². The number of benzene rings is 1. The van der Waals surface area contributed by atoms with E-state index in [1.807, 2.05) is 6.92 Å². The second kappa shape index (κ2) is 11.3. The number of furan rings is 1. The standard InChI is InChI=1S/C24H37N5O2/c1-4-25-23(27-19-24(2,30)22-12-8-17-31-22)26-13-9-14-29-16-15-28(3)18-21(29)20-10-6-5-7-11-20/h5-8,10-12,17,21,30H,4,9,13-16,18-19H2,1-3H3,(H2,25,26,27). The van der Waals surface area contributed by atoms with Crippen molar-refractivity contribution in [2.45, 2.75) is 31.9 Å². The van der Waals surface area contributed by atoms with Gasteiger partial charge in [0, 0.05) is 45.3 Å². The summed E-state index contributed by atoms with van der Waals surface area (Å²) in [5.74, 6) is 1.24. The summed E-state index contributed by atoms with van der Waals surface area (Å²) < 4.78 is 5.34. The van der Waals surface area contributed by atoms with Crippen LogP contribution in [0, 0.1) is 0 Å². The fourth-order valence-corrected chi connectivity index (χ4v) is 3.94. The molecule has 1 aliphatic heterocycles. The number of guanidine groups is 1. The summed E-state index contributed by atoms with van der Waals surface area (Å²) in [6.07, 6.45) is 2.59. The molecule has 1 aliphatic rings. The van der Waals surface area contributed by atoms with Gasteiger partial charge in [0.2, 0.25) is 0 Å². The lowest BCUT2D eigenvalue weighted by Crippen LogP contribution is -2.47. The van der Waals surface area contributed by atoms with Crippen LogP contribution in [0.5, 0.6) is 0 Å². The van der Waals surface area contributed by atoms with Gasteiger partial charge in [0.25, 0.3) is 0 Å². The molecule has 0 spiro atoms. The first-order valence-corrected chi connectivity index (χ1v) is 11.3. The van der Waals surface area contributed by atoms with Crippen molar-refractivity contribution in [1.82, 2.24) is 20.4 Å². The number of hydrogen-bond donors (Lipinski definition) is 3. The van der Waals surface area contributed by atoms with Crippen molar-refractivity contribution >= 4 is 5.96 Å². The highest BCUT2D eigenvalue weighted by Gasteiger charge is 2.27. The van der Waals surface area contributed by atoms with Crippen LogP contribution >= 0.6 is 0 Å². The van der Waals surface area contributed by atoms with E-state index in [9.17, 15) is 5.11 Å². The van der Waals surface area contributed by atoms with Gasteiger partial charge in [-0.15, -0.1) is 0 Å². The molecule has 7 heteroatoms. The van der Waals surface area contributed by atoms with Gasteiger partial charge >= 0.3 is 0 Å². The summed E-state index contributed by atoms with van der Waals surface area (Å²) in [7, 11) is 2.20. The molecule has 0 radical (unpaired) electrons. The molecule has 3 rings (SSSR count). The summed E-state index contributed by atoms with van der Waals surface area (Å²) in [5, 5.41) is 17.3. The smallest absolute Gasteiger partial charge is 0.191 e. The Hall–Kier alpha value is -2.35. The normalized spacial score (nSPS) is 20.4. The first-order chi connectivity index (χ1) is 15.0. The van der Waals surface area contributed by atoms with Crippen LogP contribution in [0.2, 0.25) is 0 Å². The number of hydrogen-bond acceptors (Lipinski definition) is 5. The number of aliphatic hydroxyl groups is 1. The fraction of sp³-hybridized carbons (Fsp3) is 0.542. The van der Waals surface area contributed by atoms with Gasteiger partial charge < -0.3 is 25.1 Å². The summed E-state index contributed by atoms with van der Waals surface area (Å²) in [4.78, 5) is 9.56. The molecule has 1 fully saturated rings. The molecule has 1 saturated heterocycles. The number of likely N-dealkylation sites (N-methyl/N-ethyl adjacent to an activating group) is 1. The highest BCUT2D eigenvalue weighted by atomic mass is 16.4. The van der Waals surface area contributed by atoms with Crippen LogP contribution < -0.4 is 10.6 Å². The predicted molar refractivity (Wildman–Crippen MR) is 125 cm³/mol. The lowest BCUT2D eigenvalue weighted by atomic mass is 10.0. The highest BCUT2D eigenvalue weighted by Crippen LogP contribution is 2.24. The van der Waals surface area contributed by atoms with E-state index < -0.39 is 5.60 Å². The summed E-state index contributed by atoms with van der Waals surface area (Å²) in [6.45, 7) is 9.84. The Balaban J connectivity index is 1.51. The fourth-order valence-electron chi connectivity index (χ4n) is 3.94. The average molecular weight is 428 g/mol. The molecule has 170 valence electrons. The third-order valence-corrected chi connectivity index (χ3v) is 5.73. The van der Waals surface area contributed by atoms with Crippen LogP contribution in [0.4, 0.5) is 0 Å². The molecule has 0 aliphatic carbocycles. The van der Waals surface area contributed by atoms with Crippen LogP contribution in [0.25, 0.3) is 0 Å². The minimum absolute atomic E-state index is 0.227. The second-order valence-electron chi connectivity index (χ2n) is 8.45. The van der Waals surface area contributed by atoms with E-state index in [0.29, 0.717) is 17.8 Å². The van der Waals surface area contributed by atoms with E-state index in [0.717, 1.165) is 45.7 Å². The van der Waals surface area contributed by atoms with E-state index in [1.54, 1.807) is 25.3 Å². The van der Waals surface area contributed by atoms with Crippen molar-refractivity contribution in [1.29, 1.82) is 0 Å². The molecular weight excluding hydrogens is 390 g/mol. The van der Waals surface area contributed by atoms with Crippen molar-refractivity contribution in [3.05, 3.63) is 60.1 Å². The first kappa shape index (κ1) is 23.3. The van der Waals surface area contributed by atoms with Gasteiger partial charge in [-0.25, -0.2) is 4.99 Å². The van der Waals surface area contributed by atoms with E-state index >= 15 is 0 Å². The molecule has 2 aromatic rings. The largest absolute Gasteiger partial charge is 0.466 e. The molecule has 31 heavy (non-hydrogen) atoms. The second-order valence-corrected chi connectivity index (χ2v) is 8.45. The van der Waals surface area contributed by atoms with Gasteiger partial charge in [0.15, 0.2) is 5.96 Å². The molecular formula is C24H37N5O2. The zero-order chi connectivity index (χ0) is 22.1. The van der Waals surface area contributed by atoms with Gasteiger partial charge in [-0.05, 0) is 45.0 Å². The summed E-state index contributed by atoms with van der Waals surface area (Å²) in [6, 6.07) is 14.8. The molecule has 7 nitrogen and oxygen atoms in total. The number of nitrogens with zero attached hydrogens (tertiary/aromatic N) is 3. The molecule has 2 atom stereocenters. The van der Waals surface area contributed by atoms with Gasteiger partial charge in [-0.3, -0.25) is 4.90 Å². The average Bonchev–Trinajstić information content (AvgIpc) is 3.32. The van der Waals surface area contributed by atoms with Gasteiger partial charge in [0.05, 0.1) is 12.8 Å². The number of aliphatic imine (C=N–C) groups is 1. The molecule has 2 unspecified atom stereocenters. The molecule has 0 amide bonds. The molecule has 2 heterocycles. The lowest BCUT2D eigenvalue weighted by molar-refractivity contribution is 0.0437. The molecule has 0 bridgehead atoms. The van der Waals surface area contributed by atoms with E-state index in [1.165, 1.54) is 5.56 Å². The maximum atomic E-state index is 10.6. The highest BCUT2D eigenvalue weighted by molar-refractivity contribution is 5.79. The topological polar surface area (TPSA) is 76.3 Å². The monoisotopic (exact) mass is 427 g/mol. The van der Waals surface area contributed by atoms with Crippen LogP contribution in [-0.4, -0.2) is 73.7 Å². The molecule has 0 saturated carbocycles. The Morgan fingerprint density at radius 3 is 2.71 bits per heavy atom. The lowest BCUT2D eigenvalue weighted by Gasteiger charge is -2.40. The predicted octanol–water partition coefficient (Wildman–Crippen LogP) is 2.42. The quantitative estimate of drug-likeness (QED) is 0.324. The summed E-state index contributed by atoms with van der Waals surface area (Å²) >= 11 is 0. The number of nitrogens with one attached hydrogen (secondary N) is 2. The first-order valence-electron chi connectivity index (χ1n) is 11.3. The van der Waals surface area contributed by atoms with Crippen LogP contribution in [0.15, 0.2) is 58.1 Å². The van der Waals surface area contributed by atoms with E-state index in [4.69, 9.17) is 4.42 Å². The zero-order valence-electron chi connectivity index (χ0n) is 19.1. The molecule has 3 N–H and O–H groups in total. The summed E-state index contributed by atoms with van der Waals surface area (Å²) in [5.41, 5.74) is 0.256.